The Morgan fingerprint density at radius 1 is 1.00 bits per heavy atom. The summed E-state index contributed by atoms with van der Waals surface area (Å²) >= 11 is 0. The van der Waals surface area contributed by atoms with E-state index in [2.05, 4.69) is 47.1 Å². The first-order valence-corrected chi connectivity index (χ1v) is 8.28. The Kier molecular flexibility index (Phi) is 4.71. The number of rotatable bonds is 5. The van der Waals surface area contributed by atoms with Crippen molar-refractivity contribution in [1.29, 1.82) is 0 Å². The molecular weight excluding hydrogens is 260 g/mol. The van der Waals surface area contributed by atoms with Crippen LogP contribution in [0, 0.1) is 11.8 Å². The predicted octanol–water partition coefficient (Wildman–Crippen LogP) is 2.42. The quantitative estimate of drug-likeness (QED) is 0.830. The Bertz CT molecular complexity index is 455. The molecule has 114 valence electrons. The molecular formula is C18H26N2O. The monoisotopic (exact) mass is 286 g/mol. The van der Waals surface area contributed by atoms with Gasteiger partial charge in [-0.2, -0.15) is 0 Å². The molecule has 2 aliphatic rings. The molecule has 3 heteroatoms. The molecule has 3 rings (SSSR count). The van der Waals surface area contributed by atoms with Gasteiger partial charge in [-0.3, -0.25) is 9.69 Å². The smallest absolute Gasteiger partial charge is 0.144 e. The van der Waals surface area contributed by atoms with Gasteiger partial charge in [0.25, 0.3) is 0 Å². The fourth-order valence-electron chi connectivity index (χ4n) is 3.74. The number of benzene rings is 1. The highest BCUT2D eigenvalue weighted by molar-refractivity contribution is 5.85. The summed E-state index contributed by atoms with van der Waals surface area (Å²) in [5.74, 6) is 0.989. The second kappa shape index (κ2) is 6.71. The van der Waals surface area contributed by atoms with Crippen molar-refractivity contribution in [3.05, 3.63) is 35.9 Å². The van der Waals surface area contributed by atoms with E-state index in [4.69, 9.17) is 0 Å². The largest absolute Gasteiger partial charge is 0.302 e. The Labute approximate surface area is 127 Å². The minimum Gasteiger partial charge on any atom is -0.302 e. The van der Waals surface area contributed by atoms with Gasteiger partial charge in [0, 0.05) is 44.6 Å². The van der Waals surface area contributed by atoms with Crippen LogP contribution in [0.3, 0.4) is 0 Å². The van der Waals surface area contributed by atoms with Crippen LogP contribution >= 0.6 is 0 Å². The molecule has 0 spiro atoms. The zero-order valence-electron chi connectivity index (χ0n) is 13.0. The number of nitrogens with zero attached hydrogens (tertiary/aromatic N) is 2. The van der Waals surface area contributed by atoms with E-state index in [0.29, 0.717) is 5.78 Å². The molecule has 0 aliphatic carbocycles. The summed E-state index contributed by atoms with van der Waals surface area (Å²) in [5.41, 5.74) is 1.35. The summed E-state index contributed by atoms with van der Waals surface area (Å²) in [4.78, 5) is 17.4. The van der Waals surface area contributed by atoms with Crippen LogP contribution in [-0.4, -0.2) is 48.3 Å². The van der Waals surface area contributed by atoms with Gasteiger partial charge in [0.05, 0.1) is 0 Å². The topological polar surface area (TPSA) is 23.6 Å². The maximum Gasteiger partial charge on any atom is 0.144 e. The van der Waals surface area contributed by atoms with E-state index in [-0.39, 0.29) is 11.8 Å². The van der Waals surface area contributed by atoms with Gasteiger partial charge in [0.1, 0.15) is 5.78 Å². The van der Waals surface area contributed by atoms with Crippen LogP contribution in [0.2, 0.25) is 0 Å². The van der Waals surface area contributed by atoms with Crippen molar-refractivity contribution in [3.8, 4) is 0 Å². The second-order valence-electron chi connectivity index (χ2n) is 6.59. The first-order chi connectivity index (χ1) is 10.3. The molecule has 0 amide bonds. The molecule has 0 radical (unpaired) electrons. The van der Waals surface area contributed by atoms with Gasteiger partial charge in [-0.15, -0.1) is 0 Å². The molecule has 2 heterocycles. The molecule has 2 bridgehead atoms. The van der Waals surface area contributed by atoms with E-state index in [1.807, 2.05) is 0 Å². The highest BCUT2D eigenvalue weighted by Crippen LogP contribution is 2.26. The third-order valence-electron chi connectivity index (χ3n) is 4.80. The Hall–Kier alpha value is -1.19. The van der Waals surface area contributed by atoms with Gasteiger partial charge in [-0.25, -0.2) is 0 Å². The van der Waals surface area contributed by atoms with E-state index in [9.17, 15) is 4.79 Å². The molecule has 2 unspecified atom stereocenters. The fourth-order valence-corrected chi connectivity index (χ4v) is 3.74. The zero-order valence-corrected chi connectivity index (χ0v) is 13.0. The van der Waals surface area contributed by atoms with Crippen LogP contribution in [0.1, 0.15) is 25.3 Å². The van der Waals surface area contributed by atoms with Crippen LogP contribution in [0.4, 0.5) is 0 Å². The number of Topliss-reactive ketones (excluding diaryl/α,β-unsaturated/α-hetero) is 1. The SMILES string of the molecule is CCCCN1CC2CN(Cc3ccccc3)CC(C1)C2=O. The van der Waals surface area contributed by atoms with Crippen LogP contribution in [0.25, 0.3) is 0 Å². The lowest BCUT2D eigenvalue weighted by Crippen LogP contribution is -2.57. The first kappa shape index (κ1) is 14.7. The molecule has 2 atom stereocenters. The zero-order chi connectivity index (χ0) is 14.7. The second-order valence-corrected chi connectivity index (χ2v) is 6.59. The van der Waals surface area contributed by atoms with Crippen molar-refractivity contribution in [3.63, 3.8) is 0 Å². The Balaban J connectivity index is 1.60. The number of ketones is 1. The molecule has 1 aromatic carbocycles. The van der Waals surface area contributed by atoms with Gasteiger partial charge in [-0.1, -0.05) is 43.7 Å². The highest BCUT2D eigenvalue weighted by atomic mass is 16.1. The van der Waals surface area contributed by atoms with Crippen molar-refractivity contribution in [2.24, 2.45) is 11.8 Å². The average Bonchev–Trinajstić information content (AvgIpc) is 2.48. The Morgan fingerprint density at radius 3 is 2.24 bits per heavy atom. The van der Waals surface area contributed by atoms with Gasteiger partial charge >= 0.3 is 0 Å². The molecule has 0 N–H and O–H groups in total. The van der Waals surface area contributed by atoms with Crippen LogP contribution in [-0.2, 0) is 11.3 Å². The van der Waals surface area contributed by atoms with E-state index in [1.54, 1.807) is 0 Å². The molecule has 1 aromatic rings. The van der Waals surface area contributed by atoms with Crippen molar-refractivity contribution in [2.75, 3.05) is 32.7 Å². The normalized spacial score (nSPS) is 27.0. The maximum atomic E-state index is 12.4. The summed E-state index contributed by atoms with van der Waals surface area (Å²) in [6, 6.07) is 10.6. The summed E-state index contributed by atoms with van der Waals surface area (Å²) in [6.45, 7) is 8.20. The van der Waals surface area contributed by atoms with Gasteiger partial charge in [0.15, 0.2) is 0 Å². The third-order valence-corrected chi connectivity index (χ3v) is 4.80. The van der Waals surface area contributed by atoms with E-state index >= 15 is 0 Å². The summed E-state index contributed by atoms with van der Waals surface area (Å²) in [6.07, 6.45) is 2.49. The predicted molar refractivity (Wildman–Crippen MR) is 85.1 cm³/mol. The lowest BCUT2D eigenvalue weighted by atomic mass is 9.83. The number of carbonyl (C=O) groups is 1. The number of fused-ring (bicyclic) bond motifs is 2. The number of likely N-dealkylation sites (tertiary alicyclic amines) is 2. The minimum atomic E-state index is 0.234. The fraction of sp³-hybridized carbons (Fsp3) is 0.611. The number of unbranched alkanes of at least 4 members (excludes halogenated alkanes) is 1. The van der Waals surface area contributed by atoms with E-state index in [0.717, 1.165) is 39.3 Å². The lowest BCUT2D eigenvalue weighted by molar-refractivity contribution is -0.137. The van der Waals surface area contributed by atoms with Gasteiger partial charge in [0.2, 0.25) is 0 Å². The first-order valence-electron chi connectivity index (χ1n) is 8.28. The average molecular weight is 286 g/mol. The van der Waals surface area contributed by atoms with Crippen LogP contribution in [0.15, 0.2) is 30.3 Å². The minimum absolute atomic E-state index is 0.234. The number of hydrogen-bond acceptors (Lipinski definition) is 3. The summed E-state index contributed by atoms with van der Waals surface area (Å²) < 4.78 is 0. The molecule has 2 fully saturated rings. The standard InChI is InChI=1S/C18H26N2O/c1-2-3-9-19-11-16-13-20(14-17(12-19)18(16)21)10-15-7-5-4-6-8-15/h4-8,16-17H,2-3,9-14H2,1H3. The summed E-state index contributed by atoms with van der Waals surface area (Å²) in [7, 11) is 0. The van der Waals surface area contributed by atoms with Crippen molar-refractivity contribution >= 4 is 5.78 Å². The third kappa shape index (κ3) is 3.53. The molecule has 2 saturated heterocycles. The molecule has 2 aliphatic heterocycles. The lowest BCUT2D eigenvalue weighted by Gasteiger charge is -2.44. The summed E-state index contributed by atoms with van der Waals surface area (Å²) in [5, 5.41) is 0. The van der Waals surface area contributed by atoms with Crippen LogP contribution in [0.5, 0.6) is 0 Å². The number of hydrogen-bond donors (Lipinski definition) is 0. The van der Waals surface area contributed by atoms with Crippen molar-refractivity contribution in [1.82, 2.24) is 9.80 Å². The number of carbonyl (C=O) groups excluding carboxylic acids is 1. The number of piperidine rings is 2. The van der Waals surface area contributed by atoms with E-state index < -0.39 is 0 Å². The molecule has 21 heavy (non-hydrogen) atoms. The maximum absolute atomic E-state index is 12.4. The molecule has 0 saturated carbocycles. The van der Waals surface area contributed by atoms with Crippen molar-refractivity contribution < 1.29 is 4.79 Å². The van der Waals surface area contributed by atoms with Crippen molar-refractivity contribution in [2.45, 2.75) is 26.3 Å². The molecule has 3 nitrogen and oxygen atoms in total. The van der Waals surface area contributed by atoms with Gasteiger partial charge in [-0.05, 0) is 18.5 Å². The molecule has 0 aromatic heterocycles. The van der Waals surface area contributed by atoms with Crippen LogP contribution < -0.4 is 0 Å². The van der Waals surface area contributed by atoms with Gasteiger partial charge < -0.3 is 4.90 Å². The highest BCUT2D eigenvalue weighted by Gasteiger charge is 2.40. The Morgan fingerprint density at radius 2 is 1.62 bits per heavy atom. The van der Waals surface area contributed by atoms with E-state index in [1.165, 1.54) is 18.4 Å².